The van der Waals surface area contributed by atoms with E-state index in [4.69, 9.17) is 4.74 Å². The lowest BCUT2D eigenvalue weighted by atomic mass is 9.74. The van der Waals surface area contributed by atoms with Crippen molar-refractivity contribution < 1.29 is 14.3 Å². The van der Waals surface area contributed by atoms with Crippen LogP contribution in [0.3, 0.4) is 0 Å². The van der Waals surface area contributed by atoms with E-state index < -0.39 is 4.32 Å². The summed E-state index contributed by atoms with van der Waals surface area (Å²) in [5, 5.41) is 0. The average Bonchev–Trinajstić information content (AvgIpc) is 2.39. The van der Waals surface area contributed by atoms with E-state index in [0.29, 0.717) is 12.8 Å². The maximum Gasteiger partial charge on any atom is 0.323 e. The number of hydrogen-bond acceptors (Lipinski definition) is 3. The van der Waals surface area contributed by atoms with E-state index >= 15 is 0 Å². The van der Waals surface area contributed by atoms with Crippen LogP contribution in [-0.4, -0.2) is 23.2 Å². The van der Waals surface area contributed by atoms with Gasteiger partial charge in [0.1, 0.15) is 10.1 Å². The number of rotatable bonds is 2. The van der Waals surface area contributed by atoms with Crippen LogP contribution in [0.15, 0.2) is 28.7 Å². The SMILES string of the molecule is COC(=O)C1(Br)CC(=O)CCC1c1ccccc1Br. The molecule has 2 rings (SSSR count). The highest BCUT2D eigenvalue weighted by atomic mass is 79.9. The zero-order valence-electron chi connectivity index (χ0n) is 10.5. The molecule has 1 aromatic rings. The number of alkyl halides is 1. The third-order valence-electron chi connectivity index (χ3n) is 3.52. The third-order valence-corrected chi connectivity index (χ3v) is 5.40. The Labute approximate surface area is 129 Å². The Kier molecular flexibility index (Phi) is 4.46. The van der Waals surface area contributed by atoms with Gasteiger partial charge < -0.3 is 4.74 Å². The molecule has 1 aliphatic carbocycles. The molecule has 2 unspecified atom stereocenters. The van der Waals surface area contributed by atoms with Crippen molar-refractivity contribution in [3.05, 3.63) is 34.3 Å². The number of benzene rings is 1. The van der Waals surface area contributed by atoms with Crippen LogP contribution in [0.1, 0.15) is 30.7 Å². The Bertz CT molecular complexity index is 515. The van der Waals surface area contributed by atoms with Crippen molar-refractivity contribution in [3.8, 4) is 0 Å². The van der Waals surface area contributed by atoms with Crippen molar-refractivity contribution in [3.63, 3.8) is 0 Å². The fourth-order valence-electron chi connectivity index (χ4n) is 2.58. The number of ketones is 1. The summed E-state index contributed by atoms with van der Waals surface area (Å²) >= 11 is 6.99. The van der Waals surface area contributed by atoms with Gasteiger partial charge in [-0.2, -0.15) is 0 Å². The Morgan fingerprint density at radius 3 is 2.74 bits per heavy atom. The lowest BCUT2D eigenvalue weighted by molar-refractivity contribution is -0.146. The van der Waals surface area contributed by atoms with E-state index in [0.717, 1.165) is 10.0 Å². The van der Waals surface area contributed by atoms with Crippen LogP contribution in [0.2, 0.25) is 0 Å². The summed E-state index contributed by atoms with van der Waals surface area (Å²) in [6, 6.07) is 7.77. The molecule has 0 aliphatic heterocycles. The first-order valence-corrected chi connectivity index (χ1v) is 7.61. The first-order valence-electron chi connectivity index (χ1n) is 6.02. The Hall–Kier alpha value is -0.680. The lowest BCUT2D eigenvalue weighted by Crippen LogP contribution is -2.44. The number of ether oxygens (including phenoxy) is 1. The second-order valence-corrected chi connectivity index (χ2v) is 6.95. The van der Waals surface area contributed by atoms with E-state index in [1.807, 2.05) is 24.3 Å². The van der Waals surface area contributed by atoms with Gasteiger partial charge in [-0.1, -0.05) is 50.1 Å². The molecule has 1 fully saturated rings. The van der Waals surface area contributed by atoms with Gasteiger partial charge in [-0.15, -0.1) is 0 Å². The minimum atomic E-state index is -0.957. The van der Waals surface area contributed by atoms with Gasteiger partial charge in [0, 0.05) is 23.2 Å². The minimum Gasteiger partial charge on any atom is -0.468 e. The van der Waals surface area contributed by atoms with E-state index in [-0.39, 0.29) is 24.1 Å². The smallest absolute Gasteiger partial charge is 0.323 e. The zero-order valence-corrected chi connectivity index (χ0v) is 13.7. The molecule has 0 radical (unpaired) electrons. The summed E-state index contributed by atoms with van der Waals surface area (Å²) in [5.41, 5.74) is 1.03. The predicted octanol–water partition coefficient (Wildman–Crippen LogP) is 3.59. The highest BCUT2D eigenvalue weighted by Crippen LogP contribution is 2.47. The number of methoxy groups -OCH3 is 1. The van der Waals surface area contributed by atoms with Crippen LogP contribution in [0.4, 0.5) is 0 Å². The van der Waals surface area contributed by atoms with Gasteiger partial charge in [0.2, 0.25) is 0 Å². The minimum absolute atomic E-state index is 0.0757. The highest BCUT2D eigenvalue weighted by Gasteiger charge is 2.49. The van der Waals surface area contributed by atoms with Crippen molar-refractivity contribution in [2.75, 3.05) is 7.11 Å². The fourth-order valence-corrected chi connectivity index (χ4v) is 4.09. The third kappa shape index (κ3) is 2.77. The summed E-state index contributed by atoms with van der Waals surface area (Å²) in [7, 11) is 1.35. The molecule has 0 N–H and O–H groups in total. The fraction of sp³-hybridized carbons (Fsp3) is 0.429. The molecule has 3 nitrogen and oxygen atoms in total. The molecule has 0 heterocycles. The number of esters is 1. The van der Waals surface area contributed by atoms with E-state index in [9.17, 15) is 9.59 Å². The maximum absolute atomic E-state index is 12.1. The average molecular weight is 390 g/mol. The van der Waals surface area contributed by atoms with Gasteiger partial charge in [-0.05, 0) is 18.1 Å². The number of carbonyl (C=O) groups excluding carboxylic acids is 2. The quantitative estimate of drug-likeness (QED) is 0.573. The number of hydrogen-bond donors (Lipinski definition) is 0. The molecule has 5 heteroatoms. The van der Waals surface area contributed by atoms with Crippen LogP contribution < -0.4 is 0 Å². The molecular formula is C14H14Br2O3. The molecule has 2 atom stereocenters. The predicted molar refractivity (Wildman–Crippen MR) is 79.4 cm³/mol. The molecule has 1 aliphatic rings. The molecule has 0 amide bonds. The Morgan fingerprint density at radius 1 is 1.42 bits per heavy atom. The zero-order chi connectivity index (χ0) is 14.0. The lowest BCUT2D eigenvalue weighted by Gasteiger charge is -2.37. The largest absolute Gasteiger partial charge is 0.468 e. The summed E-state index contributed by atoms with van der Waals surface area (Å²) in [4.78, 5) is 23.8. The first kappa shape index (κ1) is 14.7. The summed E-state index contributed by atoms with van der Waals surface area (Å²) in [6.45, 7) is 0. The van der Waals surface area contributed by atoms with Crippen LogP contribution >= 0.6 is 31.9 Å². The van der Waals surface area contributed by atoms with Crippen molar-refractivity contribution in [2.45, 2.75) is 29.5 Å². The maximum atomic E-state index is 12.1. The van der Waals surface area contributed by atoms with Crippen LogP contribution in [-0.2, 0) is 14.3 Å². The Morgan fingerprint density at radius 2 is 2.11 bits per heavy atom. The van der Waals surface area contributed by atoms with Gasteiger partial charge in [-0.3, -0.25) is 9.59 Å². The van der Waals surface area contributed by atoms with Gasteiger partial charge in [0.15, 0.2) is 0 Å². The monoisotopic (exact) mass is 388 g/mol. The molecular weight excluding hydrogens is 376 g/mol. The van der Waals surface area contributed by atoms with Gasteiger partial charge in [-0.25, -0.2) is 0 Å². The van der Waals surface area contributed by atoms with Crippen molar-refractivity contribution in [2.24, 2.45) is 0 Å². The van der Waals surface area contributed by atoms with Crippen molar-refractivity contribution >= 4 is 43.6 Å². The molecule has 1 aromatic carbocycles. The van der Waals surface area contributed by atoms with E-state index in [2.05, 4.69) is 31.9 Å². The molecule has 0 aromatic heterocycles. The van der Waals surface area contributed by atoms with E-state index in [1.165, 1.54) is 7.11 Å². The number of halogens is 2. The standard InChI is InChI=1S/C14H14Br2O3/c1-19-13(18)14(16)8-9(17)6-7-11(14)10-4-2-3-5-12(10)15/h2-5,11H,6-8H2,1H3. The summed E-state index contributed by atoms with van der Waals surface area (Å²) < 4.78 is 4.87. The van der Waals surface area contributed by atoms with E-state index in [1.54, 1.807) is 0 Å². The van der Waals surface area contributed by atoms with Crippen molar-refractivity contribution in [1.82, 2.24) is 0 Å². The van der Waals surface area contributed by atoms with Crippen LogP contribution in [0.5, 0.6) is 0 Å². The number of carbonyl (C=O) groups is 2. The Balaban J connectivity index is 2.45. The highest BCUT2D eigenvalue weighted by molar-refractivity contribution is 9.10. The molecule has 0 bridgehead atoms. The summed E-state index contributed by atoms with van der Waals surface area (Å²) in [5.74, 6) is -0.375. The normalized spacial score (nSPS) is 27.1. The molecule has 102 valence electrons. The van der Waals surface area contributed by atoms with Crippen LogP contribution in [0.25, 0.3) is 0 Å². The van der Waals surface area contributed by atoms with Gasteiger partial charge >= 0.3 is 5.97 Å². The first-order chi connectivity index (χ1) is 8.99. The molecule has 0 spiro atoms. The van der Waals surface area contributed by atoms with Crippen LogP contribution in [0, 0.1) is 0 Å². The second-order valence-electron chi connectivity index (χ2n) is 4.68. The van der Waals surface area contributed by atoms with Gasteiger partial charge in [0.25, 0.3) is 0 Å². The van der Waals surface area contributed by atoms with Gasteiger partial charge in [0.05, 0.1) is 7.11 Å². The second kappa shape index (κ2) is 5.75. The molecule has 19 heavy (non-hydrogen) atoms. The topological polar surface area (TPSA) is 43.4 Å². The number of Topliss-reactive ketones (excluding diaryl/α,β-unsaturated/α-hetero) is 1. The molecule has 1 saturated carbocycles. The molecule has 0 saturated heterocycles. The summed E-state index contributed by atoms with van der Waals surface area (Å²) in [6.07, 6.45) is 1.31. The van der Waals surface area contributed by atoms with Crippen molar-refractivity contribution in [1.29, 1.82) is 0 Å².